The Bertz CT molecular complexity index is 155. The summed E-state index contributed by atoms with van der Waals surface area (Å²) < 4.78 is 12.0. The van der Waals surface area contributed by atoms with Gasteiger partial charge >= 0.3 is 9.28 Å². The fraction of sp³-hybridized carbons (Fsp3) is 1.00. The van der Waals surface area contributed by atoms with E-state index in [1.807, 2.05) is 0 Å². The number of hydrogen-bond acceptors (Lipinski definition) is 2. The average Bonchev–Trinajstić information content (AvgIpc) is 2.14. The Morgan fingerprint density at radius 3 is 1.47 bits per heavy atom. The summed E-state index contributed by atoms with van der Waals surface area (Å²) >= 11 is 0. The Morgan fingerprint density at radius 1 is 0.933 bits per heavy atom. The molecule has 0 aromatic heterocycles. The molecule has 0 rings (SSSR count). The molecule has 2 nitrogen and oxygen atoms in total. The van der Waals surface area contributed by atoms with E-state index in [2.05, 4.69) is 48.5 Å². The lowest BCUT2D eigenvalue weighted by atomic mass is 10.1. The molecule has 1 radical (unpaired) electrons. The van der Waals surface area contributed by atoms with E-state index in [4.69, 9.17) is 8.85 Å². The Hall–Kier alpha value is 0.137. The van der Waals surface area contributed by atoms with Gasteiger partial charge in [0.25, 0.3) is 0 Å². The minimum atomic E-state index is -1.18. The fourth-order valence-electron chi connectivity index (χ4n) is 1.28. The normalized spacial score (nSPS) is 13.2. The van der Waals surface area contributed by atoms with Gasteiger partial charge in [-0.15, -0.1) is 0 Å². The van der Waals surface area contributed by atoms with Gasteiger partial charge in [-0.3, -0.25) is 0 Å². The van der Waals surface area contributed by atoms with Crippen molar-refractivity contribution >= 4 is 9.28 Å². The van der Waals surface area contributed by atoms with Gasteiger partial charge in [0.2, 0.25) is 0 Å². The monoisotopic (exact) mass is 231 g/mol. The highest BCUT2D eigenvalue weighted by molar-refractivity contribution is 6.48. The van der Waals surface area contributed by atoms with Crippen LogP contribution in [0.25, 0.3) is 0 Å². The summed E-state index contributed by atoms with van der Waals surface area (Å²) in [6.07, 6.45) is 2.76. The summed E-state index contributed by atoms with van der Waals surface area (Å²) in [6.45, 7) is 15.1. The maximum Gasteiger partial charge on any atom is 0.391 e. The van der Waals surface area contributed by atoms with Gasteiger partial charge in [-0.2, -0.15) is 0 Å². The molecule has 0 bridgehead atoms. The topological polar surface area (TPSA) is 18.5 Å². The first-order valence-electron chi connectivity index (χ1n) is 6.06. The predicted molar refractivity (Wildman–Crippen MR) is 67.1 cm³/mol. The molecule has 0 amide bonds. The van der Waals surface area contributed by atoms with Gasteiger partial charge in [0.15, 0.2) is 0 Å². The first-order valence-corrected chi connectivity index (χ1v) is 7.38. The van der Waals surface area contributed by atoms with E-state index in [1.165, 1.54) is 0 Å². The summed E-state index contributed by atoms with van der Waals surface area (Å²) in [4.78, 5) is 0. The molecular formula is C12H27O2Si. The molecule has 0 fully saturated rings. The summed E-state index contributed by atoms with van der Waals surface area (Å²) in [5.41, 5.74) is 0. The highest BCUT2D eigenvalue weighted by Crippen LogP contribution is 2.38. The van der Waals surface area contributed by atoms with Crippen LogP contribution in [0.3, 0.4) is 0 Å². The second-order valence-corrected chi connectivity index (χ2v) is 7.14. The van der Waals surface area contributed by atoms with E-state index in [-0.39, 0.29) is 17.2 Å². The zero-order valence-corrected chi connectivity index (χ0v) is 12.4. The van der Waals surface area contributed by atoms with Gasteiger partial charge in [0, 0.05) is 17.2 Å². The van der Waals surface area contributed by atoms with Crippen molar-refractivity contribution in [3.8, 4) is 0 Å². The summed E-state index contributed by atoms with van der Waals surface area (Å²) in [6, 6.07) is 0. The van der Waals surface area contributed by atoms with Crippen molar-refractivity contribution in [2.24, 2.45) is 0 Å². The Morgan fingerprint density at radius 2 is 1.27 bits per heavy atom. The zero-order valence-electron chi connectivity index (χ0n) is 11.4. The van der Waals surface area contributed by atoms with Crippen LogP contribution in [0.2, 0.25) is 5.04 Å². The van der Waals surface area contributed by atoms with Crippen LogP contribution in [0, 0.1) is 0 Å². The van der Waals surface area contributed by atoms with Crippen LogP contribution in [-0.4, -0.2) is 21.5 Å². The van der Waals surface area contributed by atoms with E-state index in [1.54, 1.807) is 0 Å². The second-order valence-electron chi connectivity index (χ2n) is 4.89. The third-order valence-corrected chi connectivity index (χ3v) is 5.80. The molecule has 0 saturated heterocycles. The fourth-order valence-corrected chi connectivity index (χ4v) is 3.34. The van der Waals surface area contributed by atoms with Crippen molar-refractivity contribution in [1.82, 2.24) is 0 Å². The molecule has 0 aliphatic rings. The van der Waals surface area contributed by atoms with Gasteiger partial charge in [0.1, 0.15) is 0 Å². The third kappa shape index (κ3) is 5.14. The summed E-state index contributed by atoms with van der Waals surface area (Å²) in [5.74, 6) is 0. The minimum Gasteiger partial charge on any atom is -0.391 e. The summed E-state index contributed by atoms with van der Waals surface area (Å²) in [5, 5.41) is 0.221. The van der Waals surface area contributed by atoms with Gasteiger partial charge < -0.3 is 8.85 Å². The number of rotatable bonds is 7. The SMILES string of the molecule is CCC(C)(CC)[Si](OC(C)C)OC(C)C. The van der Waals surface area contributed by atoms with Gasteiger partial charge in [0.05, 0.1) is 0 Å². The molecule has 0 spiro atoms. The number of hydrogen-bond donors (Lipinski definition) is 0. The van der Waals surface area contributed by atoms with Crippen LogP contribution in [0.15, 0.2) is 0 Å². The molecule has 0 saturated carbocycles. The molecule has 0 aliphatic carbocycles. The van der Waals surface area contributed by atoms with Crippen molar-refractivity contribution in [3.05, 3.63) is 0 Å². The second kappa shape index (κ2) is 6.66. The molecular weight excluding hydrogens is 204 g/mol. The molecule has 15 heavy (non-hydrogen) atoms. The molecule has 0 atom stereocenters. The Kier molecular flexibility index (Phi) is 6.72. The third-order valence-electron chi connectivity index (χ3n) is 2.74. The van der Waals surface area contributed by atoms with Gasteiger partial charge in [-0.1, -0.05) is 20.8 Å². The largest absolute Gasteiger partial charge is 0.391 e. The van der Waals surface area contributed by atoms with Crippen molar-refractivity contribution in [2.75, 3.05) is 0 Å². The minimum absolute atomic E-state index is 0.221. The van der Waals surface area contributed by atoms with E-state index < -0.39 is 9.28 Å². The lowest BCUT2D eigenvalue weighted by molar-refractivity contribution is 0.109. The van der Waals surface area contributed by atoms with Crippen LogP contribution >= 0.6 is 0 Å². The van der Waals surface area contributed by atoms with Crippen LogP contribution in [0.1, 0.15) is 61.3 Å². The van der Waals surface area contributed by atoms with E-state index in [0.717, 1.165) is 12.8 Å². The van der Waals surface area contributed by atoms with Crippen LogP contribution < -0.4 is 0 Å². The van der Waals surface area contributed by atoms with Gasteiger partial charge in [-0.05, 0) is 40.5 Å². The van der Waals surface area contributed by atoms with Crippen LogP contribution in [0.4, 0.5) is 0 Å². The maximum atomic E-state index is 5.99. The Balaban J connectivity index is 4.58. The predicted octanol–water partition coefficient (Wildman–Crippen LogP) is 3.90. The molecule has 0 N–H and O–H groups in total. The van der Waals surface area contributed by atoms with Crippen molar-refractivity contribution in [3.63, 3.8) is 0 Å². The Labute approximate surface area is 97.2 Å². The molecule has 3 heteroatoms. The highest BCUT2D eigenvalue weighted by Gasteiger charge is 2.38. The average molecular weight is 231 g/mol. The summed E-state index contributed by atoms with van der Waals surface area (Å²) in [7, 11) is -1.18. The first kappa shape index (κ1) is 15.1. The smallest absolute Gasteiger partial charge is 0.391 e. The maximum absolute atomic E-state index is 5.99. The zero-order chi connectivity index (χ0) is 12.1. The molecule has 91 valence electrons. The lowest BCUT2D eigenvalue weighted by Gasteiger charge is -2.34. The highest BCUT2D eigenvalue weighted by atomic mass is 28.3. The standard InChI is InChI=1S/C12H27O2Si/c1-8-12(7,9-2)15(13-10(3)4)14-11(5)6/h10-11H,8-9H2,1-7H3. The van der Waals surface area contributed by atoms with E-state index in [0.29, 0.717) is 0 Å². The van der Waals surface area contributed by atoms with E-state index >= 15 is 0 Å². The van der Waals surface area contributed by atoms with Crippen molar-refractivity contribution < 1.29 is 8.85 Å². The molecule has 0 heterocycles. The van der Waals surface area contributed by atoms with Crippen LogP contribution in [0.5, 0.6) is 0 Å². The quantitative estimate of drug-likeness (QED) is 0.619. The van der Waals surface area contributed by atoms with Crippen molar-refractivity contribution in [2.45, 2.75) is 78.6 Å². The first-order chi connectivity index (χ1) is 6.85. The molecule has 0 aromatic carbocycles. The lowest BCUT2D eigenvalue weighted by Crippen LogP contribution is -2.40. The molecule has 0 aromatic rings. The van der Waals surface area contributed by atoms with Gasteiger partial charge in [-0.25, -0.2) is 0 Å². The molecule has 0 unspecified atom stereocenters. The molecule has 0 aliphatic heterocycles. The van der Waals surface area contributed by atoms with Crippen LogP contribution in [-0.2, 0) is 8.85 Å². The van der Waals surface area contributed by atoms with E-state index in [9.17, 15) is 0 Å². The van der Waals surface area contributed by atoms with Crippen molar-refractivity contribution in [1.29, 1.82) is 0 Å².